The predicted octanol–water partition coefficient (Wildman–Crippen LogP) is 1.88. The van der Waals surface area contributed by atoms with E-state index in [9.17, 15) is 13.5 Å². The van der Waals surface area contributed by atoms with Gasteiger partial charge in [-0.15, -0.1) is 10.2 Å². The van der Waals surface area contributed by atoms with Crippen LogP contribution in [-0.4, -0.2) is 24.5 Å². The zero-order chi connectivity index (χ0) is 15.5. The molecule has 4 saturated carbocycles. The van der Waals surface area contributed by atoms with Crippen LogP contribution >= 0.6 is 11.3 Å². The molecule has 10 heteroatoms. The Kier molecular flexibility index (Phi) is 4.40. The second kappa shape index (κ2) is 5.83. The maximum absolute atomic E-state index is 12.7. The molecule has 5 rings (SSSR count). The third-order valence-electron chi connectivity index (χ3n) is 5.31. The molecule has 0 aliphatic heterocycles. The van der Waals surface area contributed by atoms with Gasteiger partial charge >= 0.3 is 19.5 Å². The first kappa shape index (κ1) is 17.4. The zero-order valence-corrected chi connectivity index (χ0v) is 17.2. The molecule has 1 heterocycles. The molecule has 0 saturated heterocycles. The van der Waals surface area contributed by atoms with E-state index in [1.165, 1.54) is 19.3 Å². The van der Waals surface area contributed by atoms with Crippen LogP contribution in [0.4, 0.5) is 5.13 Å². The van der Waals surface area contributed by atoms with Crippen molar-refractivity contribution in [1.29, 1.82) is 0 Å². The summed E-state index contributed by atoms with van der Waals surface area (Å²) >= 11 is 0.687. The molecule has 1 aromatic rings. The monoisotopic (exact) mass is 404 g/mol. The summed E-state index contributed by atoms with van der Waals surface area (Å²) in [5.41, 5.74) is -0.361. The Morgan fingerprint density at radius 1 is 1.17 bits per heavy atom. The van der Waals surface area contributed by atoms with E-state index in [1.807, 2.05) is 0 Å². The molecule has 0 aromatic carbocycles. The molecular weight excluding hydrogens is 390 g/mol. The first-order valence-corrected chi connectivity index (χ1v) is 9.73. The van der Waals surface area contributed by atoms with Gasteiger partial charge in [0.2, 0.25) is 9.47 Å². The van der Waals surface area contributed by atoms with Gasteiger partial charge in [0, 0.05) is 0 Å². The van der Waals surface area contributed by atoms with Crippen molar-refractivity contribution in [3.05, 3.63) is 5.14 Å². The average molecular weight is 406 g/mol. The molecule has 0 atom stereocenters. The molecule has 0 unspecified atom stereocenters. The van der Waals surface area contributed by atoms with Crippen LogP contribution in [0.2, 0.25) is 0 Å². The summed E-state index contributed by atoms with van der Waals surface area (Å²) in [6.07, 6.45) is 6.45. The minimum atomic E-state index is -4.14. The standard InChI is InChI=1S/C13H17N4O3S2.Zn/c14-22(19,20)12-17-16-11(21-12)15-10(18)13-4-7-1-8(5-13)3-9(2-7)6-13;/h7-9H,1-6H2,(H2-,14,15,16,18,19,20);/q-1;+2/p-1. The van der Waals surface area contributed by atoms with Crippen molar-refractivity contribution in [2.24, 2.45) is 28.2 Å². The van der Waals surface area contributed by atoms with Crippen molar-refractivity contribution < 1.29 is 33.0 Å². The minimum Gasteiger partial charge on any atom is -0.861 e. The molecule has 4 aliphatic rings. The quantitative estimate of drug-likeness (QED) is 0.432. The number of rotatable bonds is 3. The molecule has 4 aliphatic carbocycles. The predicted molar refractivity (Wildman–Crippen MR) is 79.1 cm³/mol. The van der Waals surface area contributed by atoms with E-state index < -0.39 is 14.4 Å². The maximum atomic E-state index is 12.7. The number of aromatic nitrogens is 2. The molecule has 23 heavy (non-hydrogen) atoms. The van der Waals surface area contributed by atoms with Crippen LogP contribution in [0.3, 0.4) is 0 Å². The van der Waals surface area contributed by atoms with Gasteiger partial charge in [-0.3, -0.25) is 0 Å². The maximum Gasteiger partial charge on any atom is 2.00 e. The summed E-state index contributed by atoms with van der Waals surface area (Å²) in [4.78, 5) is 4.04. The molecular formula is C13H16N4O3S2Zn. The van der Waals surface area contributed by atoms with E-state index in [2.05, 4.69) is 15.2 Å². The van der Waals surface area contributed by atoms with Crippen LogP contribution in [0, 0.1) is 23.2 Å². The summed E-state index contributed by atoms with van der Waals surface area (Å²) in [5, 5.41) is 26.8. The van der Waals surface area contributed by atoms with Gasteiger partial charge in [-0.1, -0.05) is 11.3 Å². The molecule has 7 nitrogen and oxygen atoms in total. The van der Waals surface area contributed by atoms with E-state index in [-0.39, 0.29) is 35.9 Å². The topological polar surface area (TPSA) is 119 Å². The minimum absolute atomic E-state index is 0. The van der Waals surface area contributed by atoms with E-state index in [4.69, 9.17) is 5.14 Å². The Hall–Kier alpha value is -0.437. The largest absolute Gasteiger partial charge is 2.00 e. The fraction of sp³-hybridized carbons (Fsp3) is 0.769. The Morgan fingerprint density at radius 2 is 1.70 bits per heavy atom. The third kappa shape index (κ3) is 3.10. The number of hydrogen-bond donors (Lipinski definition) is 0. The number of aliphatic imine (C=N–C) groups is 1. The summed E-state index contributed by atoms with van der Waals surface area (Å²) < 4.78 is 21.8. The number of nitrogens with zero attached hydrogens (tertiary/aromatic N) is 3. The van der Waals surface area contributed by atoms with Crippen molar-refractivity contribution in [1.82, 2.24) is 10.2 Å². The van der Waals surface area contributed by atoms with Crippen LogP contribution in [0.25, 0.3) is 5.14 Å². The van der Waals surface area contributed by atoms with Crippen molar-refractivity contribution in [3.63, 3.8) is 0 Å². The number of nitrogens with one attached hydrogen (secondary N) is 1. The Bertz CT molecular complexity index is 711. The molecule has 0 radical (unpaired) electrons. The molecule has 1 N–H and O–H groups in total. The third-order valence-corrected chi connectivity index (χ3v) is 7.38. The summed E-state index contributed by atoms with van der Waals surface area (Å²) in [6, 6.07) is 0. The van der Waals surface area contributed by atoms with Crippen LogP contribution in [0.15, 0.2) is 9.33 Å². The van der Waals surface area contributed by atoms with Gasteiger partial charge in [0.25, 0.3) is 0 Å². The number of sulfonamides is 1. The van der Waals surface area contributed by atoms with Crippen molar-refractivity contribution >= 4 is 32.4 Å². The Balaban J connectivity index is 0.00000156. The second-order valence-corrected chi connectivity index (χ2v) is 9.58. The van der Waals surface area contributed by atoms with Gasteiger partial charge in [-0.05, 0) is 67.6 Å². The molecule has 0 spiro atoms. The molecule has 120 valence electrons. The van der Waals surface area contributed by atoms with Gasteiger partial charge in [0.15, 0.2) is 0 Å². The van der Waals surface area contributed by atoms with Gasteiger partial charge < -0.3 is 10.2 Å². The summed E-state index contributed by atoms with van der Waals surface area (Å²) in [5.74, 6) is 1.76. The second-order valence-electron chi connectivity index (χ2n) is 6.97. The van der Waals surface area contributed by atoms with E-state index in [0.29, 0.717) is 29.1 Å². The first-order valence-electron chi connectivity index (χ1n) is 7.43. The SMILES string of the molecule is [NH-]S(=O)(=O)c1nnc(/N=C(\[O-])C23CC4CC(CC(C4)C2)C3)s1.[Zn+2]. The smallest absolute Gasteiger partial charge is 0.861 e. The van der Waals surface area contributed by atoms with Gasteiger partial charge in [0.05, 0.1) is 0 Å². The van der Waals surface area contributed by atoms with Crippen LogP contribution in [-0.2, 0) is 29.5 Å². The van der Waals surface area contributed by atoms with Crippen molar-refractivity contribution in [3.8, 4) is 0 Å². The molecule has 1 aromatic heterocycles. The van der Waals surface area contributed by atoms with E-state index >= 15 is 0 Å². The fourth-order valence-electron chi connectivity index (χ4n) is 4.93. The molecule has 4 bridgehead atoms. The summed E-state index contributed by atoms with van der Waals surface area (Å²) in [7, 11) is -4.14. The van der Waals surface area contributed by atoms with Crippen LogP contribution < -0.4 is 5.11 Å². The molecule has 4 fully saturated rings. The number of hydrogen-bond acceptors (Lipinski definition) is 7. The Labute approximate surface area is 151 Å². The van der Waals surface area contributed by atoms with Crippen LogP contribution in [0.1, 0.15) is 38.5 Å². The van der Waals surface area contributed by atoms with Gasteiger partial charge in [-0.25, -0.2) is 13.4 Å². The summed E-state index contributed by atoms with van der Waals surface area (Å²) in [6.45, 7) is 0. The molecule has 0 amide bonds. The zero-order valence-electron chi connectivity index (χ0n) is 12.6. The van der Waals surface area contributed by atoms with Crippen molar-refractivity contribution in [2.45, 2.75) is 42.9 Å². The van der Waals surface area contributed by atoms with E-state index in [1.54, 1.807) is 0 Å². The van der Waals surface area contributed by atoms with E-state index in [0.717, 1.165) is 19.3 Å². The Morgan fingerprint density at radius 3 is 2.13 bits per heavy atom. The van der Waals surface area contributed by atoms with Crippen LogP contribution in [0.5, 0.6) is 0 Å². The fourth-order valence-corrected chi connectivity index (χ4v) is 6.19. The van der Waals surface area contributed by atoms with Crippen molar-refractivity contribution in [2.75, 3.05) is 0 Å². The van der Waals surface area contributed by atoms with Gasteiger partial charge in [0.1, 0.15) is 10.0 Å². The average Bonchev–Trinajstić information content (AvgIpc) is 2.85. The normalized spacial score (nSPS) is 36.0. The first-order chi connectivity index (χ1) is 10.3. The van der Waals surface area contributed by atoms with Gasteiger partial charge in [-0.2, -0.15) is 0 Å².